The number of carbonyl (C=O) groups excluding carboxylic acids is 1. The molecule has 1 amide bonds. The van der Waals surface area contributed by atoms with E-state index in [1.54, 1.807) is 24.3 Å². The summed E-state index contributed by atoms with van der Waals surface area (Å²) in [7, 11) is 0. The Hall–Kier alpha value is -2.38. The molecule has 0 saturated carbocycles. The van der Waals surface area contributed by atoms with Crippen molar-refractivity contribution < 1.29 is 23.0 Å². The second-order valence-corrected chi connectivity index (χ2v) is 6.62. The van der Waals surface area contributed by atoms with E-state index in [1.165, 1.54) is 6.07 Å². The maximum atomic E-state index is 13.6. The van der Waals surface area contributed by atoms with Gasteiger partial charge in [0.15, 0.2) is 29.7 Å². The van der Waals surface area contributed by atoms with Gasteiger partial charge in [0.1, 0.15) is 0 Å². The third-order valence-electron chi connectivity index (χ3n) is 4.71. The summed E-state index contributed by atoms with van der Waals surface area (Å²) >= 11 is 0. The Balaban J connectivity index is 0.00000300. The molecule has 1 aliphatic heterocycles. The molecule has 0 aromatic heterocycles. The zero-order valence-electron chi connectivity index (χ0n) is 16.1. The largest absolute Gasteiger partial charge is 0.490 e. The Bertz CT molecular complexity index is 822. The summed E-state index contributed by atoms with van der Waals surface area (Å²) in [6.07, 6.45) is 0.712. The summed E-state index contributed by atoms with van der Waals surface area (Å²) in [5, 5.41) is 6.16. The average Bonchev–Trinajstić information content (AvgIpc) is 2.70. The molecule has 0 spiro atoms. The molecular formula is C21H25ClF2N2O3. The van der Waals surface area contributed by atoms with Crippen LogP contribution in [0, 0.1) is 11.6 Å². The van der Waals surface area contributed by atoms with Gasteiger partial charge in [-0.05, 0) is 49.7 Å². The number of ether oxygens (including phenoxy) is 2. The third kappa shape index (κ3) is 6.05. The van der Waals surface area contributed by atoms with Crippen molar-refractivity contribution in [3.8, 4) is 11.5 Å². The molecular weight excluding hydrogens is 402 g/mol. The van der Waals surface area contributed by atoms with Crippen LogP contribution in [0.15, 0.2) is 42.5 Å². The van der Waals surface area contributed by atoms with E-state index in [9.17, 15) is 13.6 Å². The lowest BCUT2D eigenvalue weighted by Crippen LogP contribution is -2.51. The molecule has 2 unspecified atom stereocenters. The standard InChI is InChI=1S/C21H24F2N2O3.ClH/c1-2-27-19-5-3-4-6-20(19)28-13-21(26)25-18-12-24-10-9-15(18)14-7-8-16(22)17(23)11-14;/h3-8,11,15,18,24H,2,9-10,12-13H2,1H3,(H,25,26);1H. The highest BCUT2D eigenvalue weighted by molar-refractivity contribution is 5.85. The van der Waals surface area contributed by atoms with Crippen LogP contribution >= 0.6 is 12.4 Å². The van der Waals surface area contributed by atoms with Crippen molar-refractivity contribution in [2.24, 2.45) is 0 Å². The zero-order valence-corrected chi connectivity index (χ0v) is 16.9. The van der Waals surface area contributed by atoms with Gasteiger partial charge in [-0.1, -0.05) is 18.2 Å². The van der Waals surface area contributed by atoms with Crippen molar-refractivity contribution in [3.05, 3.63) is 59.7 Å². The SMILES string of the molecule is CCOc1ccccc1OCC(=O)NC1CNCCC1c1ccc(F)c(F)c1.Cl. The van der Waals surface area contributed by atoms with Gasteiger partial charge in [-0.15, -0.1) is 12.4 Å². The fourth-order valence-electron chi connectivity index (χ4n) is 3.39. The second kappa shape index (κ2) is 11.0. The highest BCUT2D eigenvalue weighted by Crippen LogP contribution is 2.28. The molecule has 2 aromatic carbocycles. The van der Waals surface area contributed by atoms with Crippen LogP contribution in [0.25, 0.3) is 0 Å². The first-order chi connectivity index (χ1) is 13.6. The molecule has 0 radical (unpaired) electrons. The van der Waals surface area contributed by atoms with Gasteiger partial charge < -0.3 is 20.1 Å². The molecule has 1 aliphatic rings. The van der Waals surface area contributed by atoms with E-state index in [-0.39, 0.29) is 36.9 Å². The summed E-state index contributed by atoms with van der Waals surface area (Å²) in [5.74, 6) is -1.06. The molecule has 1 fully saturated rings. The Morgan fingerprint density at radius 1 is 1.14 bits per heavy atom. The van der Waals surface area contributed by atoms with Crippen LogP contribution in [0.4, 0.5) is 8.78 Å². The predicted octanol–water partition coefficient (Wildman–Crippen LogP) is 3.43. The molecule has 1 saturated heterocycles. The minimum absolute atomic E-state index is 0. The first-order valence-electron chi connectivity index (χ1n) is 9.38. The van der Waals surface area contributed by atoms with Gasteiger partial charge >= 0.3 is 0 Å². The molecule has 5 nitrogen and oxygen atoms in total. The van der Waals surface area contributed by atoms with Gasteiger partial charge in [0.25, 0.3) is 5.91 Å². The smallest absolute Gasteiger partial charge is 0.258 e. The van der Waals surface area contributed by atoms with Gasteiger partial charge in [0, 0.05) is 18.5 Å². The van der Waals surface area contributed by atoms with Gasteiger partial charge in [0.2, 0.25) is 0 Å². The molecule has 8 heteroatoms. The van der Waals surface area contributed by atoms with E-state index in [0.717, 1.165) is 12.6 Å². The molecule has 1 heterocycles. The summed E-state index contributed by atoms with van der Waals surface area (Å²) in [6, 6.07) is 10.8. The van der Waals surface area contributed by atoms with E-state index in [1.807, 2.05) is 13.0 Å². The zero-order chi connectivity index (χ0) is 19.9. The number of nitrogens with one attached hydrogen (secondary N) is 2. The lowest BCUT2D eigenvalue weighted by molar-refractivity contribution is -0.124. The maximum absolute atomic E-state index is 13.6. The quantitative estimate of drug-likeness (QED) is 0.712. The highest BCUT2D eigenvalue weighted by Gasteiger charge is 2.28. The number of rotatable bonds is 7. The van der Waals surface area contributed by atoms with Crippen molar-refractivity contribution >= 4 is 18.3 Å². The second-order valence-electron chi connectivity index (χ2n) is 6.62. The number of halogens is 3. The van der Waals surface area contributed by atoms with E-state index in [2.05, 4.69) is 10.6 Å². The molecule has 29 heavy (non-hydrogen) atoms. The topological polar surface area (TPSA) is 59.6 Å². The van der Waals surface area contributed by atoms with Crippen LogP contribution in [0.3, 0.4) is 0 Å². The number of amides is 1. The predicted molar refractivity (Wildman–Crippen MR) is 109 cm³/mol. The fourth-order valence-corrected chi connectivity index (χ4v) is 3.39. The number of carbonyl (C=O) groups is 1. The van der Waals surface area contributed by atoms with Crippen molar-refractivity contribution in [2.45, 2.75) is 25.3 Å². The number of hydrogen-bond acceptors (Lipinski definition) is 4. The summed E-state index contributed by atoms with van der Waals surface area (Å²) < 4.78 is 37.9. The Morgan fingerprint density at radius 2 is 1.86 bits per heavy atom. The monoisotopic (exact) mass is 426 g/mol. The molecule has 2 atom stereocenters. The lowest BCUT2D eigenvalue weighted by Gasteiger charge is -2.33. The Kier molecular flexibility index (Phi) is 8.67. The number of piperidine rings is 1. The van der Waals surface area contributed by atoms with E-state index in [4.69, 9.17) is 9.47 Å². The normalized spacial score (nSPS) is 18.4. The van der Waals surface area contributed by atoms with Crippen LogP contribution < -0.4 is 20.1 Å². The molecule has 158 valence electrons. The lowest BCUT2D eigenvalue weighted by atomic mass is 9.86. The summed E-state index contributed by atoms with van der Waals surface area (Å²) in [6.45, 7) is 3.50. The minimum Gasteiger partial charge on any atom is -0.490 e. The molecule has 2 aromatic rings. The van der Waals surface area contributed by atoms with E-state index < -0.39 is 11.6 Å². The van der Waals surface area contributed by atoms with Crippen LogP contribution in [0.1, 0.15) is 24.8 Å². The highest BCUT2D eigenvalue weighted by atomic mass is 35.5. The van der Waals surface area contributed by atoms with Crippen molar-refractivity contribution in [1.82, 2.24) is 10.6 Å². The summed E-state index contributed by atoms with van der Waals surface area (Å²) in [5.41, 5.74) is 0.674. The summed E-state index contributed by atoms with van der Waals surface area (Å²) in [4.78, 5) is 12.4. The van der Waals surface area contributed by atoms with Crippen LogP contribution in [0.5, 0.6) is 11.5 Å². The first kappa shape index (κ1) is 22.9. The first-order valence-corrected chi connectivity index (χ1v) is 9.38. The number of benzene rings is 2. The van der Waals surface area contributed by atoms with Crippen molar-refractivity contribution in [1.29, 1.82) is 0 Å². The third-order valence-corrected chi connectivity index (χ3v) is 4.71. The fraction of sp³-hybridized carbons (Fsp3) is 0.381. The van der Waals surface area contributed by atoms with Gasteiger partial charge in [-0.3, -0.25) is 4.79 Å². The van der Waals surface area contributed by atoms with Crippen molar-refractivity contribution in [2.75, 3.05) is 26.3 Å². The molecule has 2 N–H and O–H groups in total. The van der Waals surface area contributed by atoms with Gasteiger partial charge in [0.05, 0.1) is 6.61 Å². The van der Waals surface area contributed by atoms with Gasteiger partial charge in [-0.25, -0.2) is 8.78 Å². The number of hydrogen-bond donors (Lipinski definition) is 2. The Morgan fingerprint density at radius 3 is 2.55 bits per heavy atom. The van der Waals surface area contributed by atoms with E-state index >= 15 is 0 Å². The molecule has 0 aliphatic carbocycles. The molecule has 3 rings (SSSR count). The Labute approximate surface area is 175 Å². The number of para-hydroxylation sites is 2. The van der Waals surface area contributed by atoms with Crippen LogP contribution in [0.2, 0.25) is 0 Å². The molecule has 0 bridgehead atoms. The van der Waals surface area contributed by atoms with Crippen LogP contribution in [-0.4, -0.2) is 38.3 Å². The van der Waals surface area contributed by atoms with Gasteiger partial charge in [-0.2, -0.15) is 0 Å². The average molecular weight is 427 g/mol. The van der Waals surface area contributed by atoms with E-state index in [0.29, 0.717) is 36.6 Å². The minimum atomic E-state index is -0.878. The van der Waals surface area contributed by atoms with Crippen molar-refractivity contribution in [3.63, 3.8) is 0 Å². The van der Waals surface area contributed by atoms with Crippen LogP contribution in [-0.2, 0) is 4.79 Å². The maximum Gasteiger partial charge on any atom is 0.258 e.